The lowest BCUT2D eigenvalue weighted by Crippen LogP contribution is -1.87. The number of aryl methyl sites for hydroxylation is 1. The Balaban J connectivity index is 0.000000165. The van der Waals surface area contributed by atoms with Crippen molar-refractivity contribution >= 4 is 5.69 Å². The van der Waals surface area contributed by atoms with E-state index in [4.69, 9.17) is 5.73 Å². The maximum Gasteiger partial charge on any atom is 0.215 e. The molecule has 0 saturated heterocycles. The number of benzene rings is 1. The minimum atomic E-state index is -0.614. The summed E-state index contributed by atoms with van der Waals surface area (Å²) < 4.78 is 24.3. The van der Waals surface area contributed by atoms with E-state index in [1.54, 1.807) is 0 Å². The third kappa shape index (κ3) is 4.04. The fourth-order valence-electron chi connectivity index (χ4n) is 0.977. The van der Waals surface area contributed by atoms with Crippen molar-refractivity contribution in [2.45, 2.75) is 6.92 Å². The van der Waals surface area contributed by atoms with Crippen LogP contribution in [0.3, 0.4) is 0 Å². The van der Waals surface area contributed by atoms with Crippen LogP contribution in [0.15, 0.2) is 42.6 Å². The Morgan fingerprint density at radius 3 is 2.12 bits per heavy atom. The van der Waals surface area contributed by atoms with Gasteiger partial charge < -0.3 is 5.73 Å². The molecule has 0 atom stereocenters. The molecule has 84 valence electrons. The highest BCUT2D eigenvalue weighted by Gasteiger charge is 1.97. The van der Waals surface area contributed by atoms with E-state index < -0.39 is 11.8 Å². The summed E-state index contributed by atoms with van der Waals surface area (Å²) in [4.78, 5) is 3.14. The molecule has 2 aromatic rings. The lowest BCUT2D eigenvalue weighted by atomic mass is 10.3. The van der Waals surface area contributed by atoms with Gasteiger partial charge in [0.2, 0.25) is 5.95 Å². The number of anilines is 1. The van der Waals surface area contributed by atoms with Gasteiger partial charge in [0.15, 0.2) is 0 Å². The number of hydrogen-bond acceptors (Lipinski definition) is 2. The van der Waals surface area contributed by atoms with Crippen molar-refractivity contribution in [3.05, 3.63) is 59.9 Å². The largest absolute Gasteiger partial charge is 0.399 e. The SMILES string of the molecule is Cc1cc(F)cnc1F.Nc1ccccc1. The smallest absolute Gasteiger partial charge is 0.215 e. The summed E-state index contributed by atoms with van der Waals surface area (Å²) in [7, 11) is 0. The molecule has 0 unspecified atom stereocenters. The Kier molecular flexibility index (Phi) is 4.39. The van der Waals surface area contributed by atoms with Crippen molar-refractivity contribution in [3.63, 3.8) is 0 Å². The van der Waals surface area contributed by atoms with Crippen LogP contribution in [-0.4, -0.2) is 4.98 Å². The summed E-state index contributed by atoms with van der Waals surface area (Å²) in [5.41, 5.74) is 6.41. The zero-order valence-corrected chi connectivity index (χ0v) is 8.82. The lowest BCUT2D eigenvalue weighted by molar-refractivity contribution is 0.551. The van der Waals surface area contributed by atoms with Crippen LogP contribution in [-0.2, 0) is 0 Å². The zero-order valence-electron chi connectivity index (χ0n) is 8.82. The Labute approximate surface area is 92.7 Å². The Bertz CT molecular complexity index is 444. The van der Waals surface area contributed by atoms with Crippen molar-refractivity contribution in [1.82, 2.24) is 4.98 Å². The quantitative estimate of drug-likeness (QED) is 0.549. The number of rotatable bonds is 0. The van der Waals surface area contributed by atoms with Crippen molar-refractivity contribution in [2.24, 2.45) is 0 Å². The van der Waals surface area contributed by atoms with E-state index in [-0.39, 0.29) is 5.56 Å². The first-order chi connectivity index (χ1) is 7.59. The first-order valence-corrected chi connectivity index (χ1v) is 4.68. The fraction of sp³-hybridized carbons (Fsp3) is 0.0833. The first kappa shape index (κ1) is 12.1. The van der Waals surface area contributed by atoms with Crippen LogP contribution in [0, 0.1) is 18.7 Å². The minimum absolute atomic E-state index is 0.231. The second-order valence-corrected chi connectivity index (χ2v) is 3.17. The number of nitrogen functional groups attached to an aromatic ring is 1. The number of pyridine rings is 1. The number of nitrogens with zero attached hydrogens (tertiary/aromatic N) is 1. The summed E-state index contributed by atoms with van der Waals surface area (Å²) in [6.45, 7) is 1.46. The van der Waals surface area contributed by atoms with E-state index in [2.05, 4.69) is 4.98 Å². The van der Waals surface area contributed by atoms with Crippen LogP contribution >= 0.6 is 0 Å². The van der Waals surface area contributed by atoms with Gasteiger partial charge in [-0.3, -0.25) is 0 Å². The molecule has 2 N–H and O–H groups in total. The second kappa shape index (κ2) is 5.80. The van der Waals surface area contributed by atoms with Crippen LogP contribution in [0.2, 0.25) is 0 Å². The summed E-state index contributed by atoms with van der Waals surface area (Å²) in [5, 5.41) is 0. The van der Waals surface area contributed by atoms with Crippen molar-refractivity contribution in [3.8, 4) is 0 Å². The van der Waals surface area contributed by atoms with Gasteiger partial charge in [-0.2, -0.15) is 4.39 Å². The normalized spacial score (nSPS) is 9.19. The zero-order chi connectivity index (χ0) is 12.0. The molecular formula is C12H12F2N2. The van der Waals surface area contributed by atoms with E-state index in [0.29, 0.717) is 0 Å². The molecule has 2 rings (SSSR count). The standard InChI is InChI=1S/C6H5F2N.C6H7N/c1-4-2-5(7)3-9-6(4)8;7-6-4-2-1-3-5-6/h2-3H,1H3;1-5H,7H2. The third-order valence-corrected chi connectivity index (χ3v) is 1.78. The molecule has 0 saturated carbocycles. The molecule has 1 aromatic heterocycles. The van der Waals surface area contributed by atoms with Crippen LogP contribution in [0.5, 0.6) is 0 Å². The summed E-state index contributed by atoms with van der Waals surface area (Å²) >= 11 is 0. The van der Waals surface area contributed by atoms with Gasteiger partial charge in [-0.15, -0.1) is 0 Å². The highest BCUT2D eigenvalue weighted by Crippen LogP contribution is 2.02. The molecule has 0 aliphatic heterocycles. The summed E-state index contributed by atoms with van der Waals surface area (Å²) in [5.74, 6) is -1.12. The molecule has 0 amide bonds. The van der Waals surface area contributed by atoms with Crippen molar-refractivity contribution in [2.75, 3.05) is 5.73 Å². The average Bonchev–Trinajstić information content (AvgIpc) is 2.26. The van der Waals surface area contributed by atoms with Crippen LogP contribution in [0.25, 0.3) is 0 Å². The van der Waals surface area contributed by atoms with Crippen molar-refractivity contribution in [1.29, 1.82) is 0 Å². The number of hydrogen-bond donors (Lipinski definition) is 1. The number of nitrogens with two attached hydrogens (primary N) is 1. The van der Waals surface area contributed by atoms with Gasteiger partial charge in [0.25, 0.3) is 0 Å². The van der Waals surface area contributed by atoms with Gasteiger partial charge in [0.05, 0.1) is 6.20 Å². The third-order valence-electron chi connectivity index (χ3n) is 1.78. The van der Waals surface area contributed by atoms with Gasteiger partial charge in [-0.05, 0) is 25.1 Å². The Morgan fingerprint density at radius 2 is 1.75 bits per heavy atom. The number of halogens is 2. The van der Waals surface area contributed by atoms with E-state index >= 15 is 0 Å². The molecule has 0 aliphatic rings. The molecule has 0 spiro atoms. The second-order valence-electron chi connectivity index (χ2n) is 3.17. The Morgan fingerprint density at radius 1 is 1.12 bits per heavy atom. The topological polar surface area (TPSA) is 38.9 Å². The van der Waals surface area contributed by atoms with Gasteiger partial charge in [-0.25, -0.2) is 9.37 Å². The van der Waals surface area contributed by atoms with Gasteiger partial charge >= 0.3 is 0 Å². The van der Waals surface area contributed by atoms with E-state index in [1.807, 2.05) is 30.3 Å². The van der Waals surface area contributed by atoms with Crippen LogP contribution < -0.4 is 5.73 Å². The molecule has 2 nitrogen and oxygen atoms in total. The predicted molar refractivity (Wildman–Crippen MR) is 59.7 cm³/mol. The molecule has 4 heteroatoms. The lowest BCUT2D eigenvalue weighted by Gasteiger charge is -1.91. The van der Waals surface area contributed by atoms with E-state index in [9.17, 15) is 8.78 Å². The summed E-state index contributed by atoms with van der Waals surface area (Å²) in [6.07, 6.45) is 0.850. The van der Waals surface area contributed by atoms with E-state index in [1.165, 1.54) is 6.92 Å². The van der Waals surface area contributed by atoms with Gasteiger partial charge in [-0.1, -0.05) is 18.2 Å². The number of aromatic nitrogens is 1. The van der Waals surface area contributed by atoms with Crippen LogP contribution in [0.1, 0.15) is 5.56 Å². The maximum absolute atomic E-state index is 12.2. The van der Waals surface area contributed by atoms with E-state index in [0.717, 1.165) is 18.0 Å². The molecule has 0 radical (unpaired) electrons. The highest BCUT2D eigenvalue weighted by atomic mass is 19.1. The van der Waals surface area contributed by atoms with Crippen molar-refractivity contribution < 1.29 is 8.78 Å². The molecule has 1 heterocycles. The van der Waals surface area contributed by atoms with Gasteiger partial charge in [0.1, 0.15) is 5.82 Å². The average molecular weight is 222 g/mol. The minimum Gasteiger partial charge on any atom is -0.399 e. The first-order valence-electron chi connectivity index (χ1n) is 4.68. The molecule has 0 bridgehead atoms. The Hall–Kier alpha value is -1.97. The van der Waals surface area contributed by atoms with Gasteiger partial charge in [0, 0.05) is 11.3 Å². The molecule has 1 aromatic carbocycles. The molecule has 0 aliphatic carbocycles. The fourth-order valence-corrected chi connectivity index (χ4v) is 0.977. The summed E-state index contributed by atoms with van der Waals surface area (Å²) in [6, 6.07) is 10.6. The van der Waals surface area contributed by atoms with Crippen LogP contribution in [0.4, 0.5) is 14.5 Å². The monoisotopic (exact) mass is 222 g/mol. The number of para-hydroxylation sites is 1. The molecular weight excluding hydrogens is 210 g/mol. The predicted octanol–water partition coefficient (Wildman–Crippen LogP) is 2.94. The molecule has 16 heavy (non-hydrogen) atoms. The highest BCUT2D eigenvalue weighted by molar-refractivity contribution is 5.35. The molecule has 0 fully saturated rings. The maximum atomic E-state index is 12.2.